The molecule has 1 aromatic carbocycles. The zero-order chi connectivity index (χ0) is 12.3. The molecule has 0 heterocycles. The Morgan fingerprint density at radius 3 is 2.00 bits per heavy atom. The number of alkyl halides is 3. The van der Waals surface area contributed by atoms with Gasteiger partial charge in [-0.05, 0) is 24.3 Å². The van der Waals surface area contributed by atoms with Crippen LogP contribution in [0.1, 0.15) is 10.4 Å². The van der Waals surface area contributed by atoms with E-state index >= 15 is 0 Å². The summed E-state index contributed by atoms with van der Waals surface area (Å²) >= 11 is 0. The molecule has 0 saturated heterocycles. The second-order valence-corrected chi connectivity index (χ2v) is 2.95. The predicted molar refractivity (Wildman–Crippen MR) is 50.8 cm³/mol. The van der Waals surface area contributed by atoms with Crippen LogP contribution in [0.4, 0.5) is 18.9 Å². The monoisotopic (exact) mass is 230 g/mol. The molecule has 0 saturated carbocycles. The minimum Gasteiger partial charge on any atom is -0.318 e. The molecule has 1 rings (SSSR count). The molecule has 6 heteroatoms. The number of hydrogen-bond donors (Lipinski definition) is 1. The van der Waals surface area contributed by atoms with Crippen LogP contribution in [0.5, 0.6) is 0 Å². The lowest BCUT2D eigenvalue weighted by molar-refractivity contribution is -0.167. The Bertz CT molecular complexity index is 409. The normalized spacial score (nSPS) is 11.0. The fourth-order valence-electron chi connectivity index (χ4n) is 0.941. The minimum atomic E-state index is -4.93. The van der Waals surface area contributed by atoms with Crippen molar-refractivity contribution in [2.45, 2.75) is 6.18 Å². The molecule has 0 aliphatic heterocycles. The number of rotatable bonds is 2. The molecule has 0 aromatic heterocycles. The van der Waals surface area contributed by atoms with Gasteiger partial charge in [-0.2, -0.15) is 13.2 Å². The van der Waals surface area contributed by atoms with Gasteiger partial charge in [0.1, 0.15) is 0 Å². The Labute approximate surface area is 89.3 Å². The van der Waals surface area contributed by atoms with E-state index in [1.165, 1.54) is 24.3 Å². The number of nitrogens with one attached hydrogen (secondary N) is 1. The first-order chi connectivity index (χ1) is 7.30. The fourth-order valence-corrected chi connectivity index (χ4v) is 0.941. The van der Waals surface area contributed by atoms with Crippen molar-refractivity contribution in [3.63, 3.8) is 0 Å². The Balaban J connectivity index is 2.77. The second kappa shape index (κ2) is 4.34. The van der Waals surface area contributed by atoms with Crippen molar-refractivity contribution in [2.24, 2.45) is 0 Å². The van der Waals surface area contributed by atoms with E-state index < -0.39 is 17.9 Å². The Morgan fingerprint density at radius 2 is 1.62 bits per heavy atom. The molecule has 0 spiro atoms. The SMILES string of the molecule is [CH2]C(=O)c1ccc(NC(=O)C(F)(F)F)cc1. The average Bonchev–Trinajstić information content (AvgIpc) is 2.17. The lowest BCUT2D eigenvalue weighted by Gasteiger charge is -2.07. The summed E-state index contributed by atoms with van der Waals surface area (Å²) in [5.41, 5.74) is 0.220. The van der Waals surface area contributed by atoms with Crippen LogP contribution < -0.4 is 5.32 Å². The summed E-state index contributed by atoms with van der Waals surface area (Å²) in [5.74, 6) is -2.50. The summed E-state index contributed by atoms with van der Waals surface area (Å²) in [4.78, 5) is 21.3. The van der Waals surface area contributed by atoms with Crippen molar-refractivity contribution in [1.82, 2.24) is 0 Å². The van der Waals surface area contributed by atoms with Gasteiger partial charge in [0, 0.05) is 18.2 Å². The molecular weight excluding hydrogens is 223 g/mol. The van der Waals surface area contributed by atoms with Gasteiger partial charge in [-0.3, -0.25) is 9.59 Å². The van der Waals surface area contributed by atoms with Crippen molar-refractivity contribution in [3.05, 3.63) is 36.8 Å². The van der Waals surface area contributed by atoms with Gasteiger partial charge in [0.25, 0.3) is 0 Å². The van der Waals surface area contributed by atoms with Crippen LogP contribution in [0.15, 0.2) is 24.3 Å². The molecule has 0 aliphatic carbocycles. The summed E-state index contributed by atoms with van der Waals surface area (Å²) in [5, 5.41) is 1.65. The molecule has 0 fully saturated rings. The van der Waals surface area contributed by atoms with Gasteiger partial charge < -0.3 is 5.32 Å². The number of ketones is 1. The first-order valence-corrected chi connectivity index (χ1v) is 4.15. The number of Topliss-reactive ketones (excluding diaryl/α,β-unsaturated/α-hetero) is 1. The molecule has 1 N–H and O–H groups in total. The number of amides is 1. The lowest BCUT2D eigenvalue weighted by Crippen LogP contribution is -2.29. The average molecular weight is 230 g/mol. The van der Waals surface area contributed by atoms with Crippen molar-refractivity contribution in [2.75, 3.05) is 5.32 Å². The summed E-state index contributed by atoms with van der Waals surface area (Å²) in [6.45, 7) is 3.13. The molecule has 0 aliphatic rings. The molecule has 0 bridgehead atoms. The largest absolute Gasteiger partial charge is 0.471 e. The highest BCUT2D eigenvalue weighted by Gasteiger charge is 2.38. The third-order valence-electron chi connectivity index (χ3n) is 1.72. The zero-order valence-electron chi connectivity index (χ0n) is 7.97. The van der Waals surface area contributed by atoms with Gasteiger partial charge >= 0.3 is 12.1 Å². The van der Waals surface area contributed by atoms with E-state index in [1.807, 2.05) is 0 Å². The molecule has 1 aromatic rings. The minimum absolute atomic E-state index is 0.0349. The van der Waals surface area contributed by atoms with Crippen LogP contribution in [0.3, 0.4) is 0 Å². The van der Waals surface area contributed by atoms with Crippen LogP contribution in [-0.4, -0.2) is 17.9 Å². The maximum absolute atomic E-state index is 11.9. The number of halogens is 3. The van der Waals surface area contributed by atoms with Crippen molar-refractivity contribution in [3.8, 4) is 0 Å². The molecular formula is C10H7F3NO2. The zero-order valence-corrected chi connectivity index (χ0v) is 7.97. The molecule has 0 unspecified atom stereocenters. The number of carbonyl (C=O) groups is 2. The fraction of sp³-hybridized carbons (Fsp3) is 0.100. The first kappa shape index (κ1) is 12.2. The molecule has 1 radical (unpaired) electrons. The number of carbonyl (C=O) groups excluding carboxylic acids is 2. The van der Waals surface area contributed by atoms with Crippen LogP contribution in [0.2, 0.25) is 0 Å². The smallest absolute Gasteiger partial charge is 0.318 e. The first-order valence-electron chi connectivity index (χ1n) is 4.15. The summed E-state index contributed by atoms with van der Waals surface area (Å²) in [7, 11) is 0. The van der Waals surface area contributed by atoms with Gasteiger partial charge in [-0.25, -0.2) is 0 Å². The molecule has 85 valence electrons. The summed E-state index contributed by atoms with van der Waals surface area (Å²) < 4.78 is 35.6. The van der Waals surface area contributed by atoms with Gasteiger partial charge in [-0.1, -0.05) is 0 Å². The van der Waals surface area contributed by atoms with Crippen LogP contribution in [0.25, 0.3) is 0 Å². The van der Waals surface area contributed by atoms with E-state index in [4.69, 9.17) is 0 Å². The van der Waals surface area contributed by atoms with Gasteiger partial charge in [0.05, 0.1) is 0 Å². The maximum atomic E-state index is 11.9. The maximum Gasteiger partial charge on any atom is 0.471 e. The van der Waals surface area contributed by atoms with Crippen LogP contribution in [0, 0.1) is 6.92 Å². The molecule has 3 nitrogen and oxygen atoms in total. The van der Waals surface area contributed by atoms with E-state index in [1.54, 1.807) is 5.32 Å². The van der Waals surface area contributed by atoms with Gasteiger partial charge in [-0.15, -0.1) is 0 Å². The third-order valence-corrected chi connectivity index (χ3v) is 1.72. The van der Waals surface area contributed by atoms with Gasteiger partial charge in [0.15, 0.2) is 5.78 Å². The van der Waals surface area contributed by atoms with Gasteiger partial charge in [0.2, 0.25) is 0 Å². The predicted octanol–water partition coefficient (Wildman–Crippen LogP) is 2.20. The van der Waals surface area contributed by atoms with E-state index in [9.17, 15) is 22.8 Å². The Hall–Kier alpha value is -1.85. The number of benzene rings is 1. The number of anilines is 1. The highest BCUT2D eigenvalue weighted by atomic mass is 19.4. The van der Waals surface area contributed by atoms with Crippen LogP contribution >= 0.6 is 0 Å². The van der Waals surface area contributed by atoms with Crippen molar-refractivity contribution in [1.29, 1.82) is 0 Å². The summed E-state index contributed by atoms with van der Waals surface area (Å²) in [6, 6.07) is 4.95. The summed E-state index contributed by atoms with van der Waals surface area (Å²) in [6.07, 6.45) is -4.93. The Morgan fingerprint density at radius 1 is 1.12 bits per heavy atom. The van der Waals surface area contributed by atoms with Crippen LogP contribution in [-0.2, 0) is 4.79 Å². The van der Waals surface area contributed by atoms with E-state index in [2.05, 4.69) is 6.92 Å². The Kier molecular flexibility index (Phi) is 3.31. The molecule has 0 atom stereocenters. The van der Waals surface area contributed by atoms with Crippen molar-refractivity contribution < 1.29 is 22.8 Å². The standard InChI is InChI=1S/C10H7F3NO2/c1-6(15)7-2-4-8(5-3-7)14-9(16)10(11,12)13/h2-5H,1H2,(H,14,16). The highest BCUT2D eigenvalue weighted by Crippen LogP contribution is 2.18. The molecule has 16 heavy (non-hydrogen) atoms. The number of hydrogen-bond acceptors (Lipinski definition) is 2. The lowest BCUT2D eigenvalue weighted by atomic mass is 10.1. The second-order valence-electron chi connectivity index (χ2n) is 2.95. The third kappa shape index (κ3) is 3.08. The van der Waals surface area contributed by atoms with E-state index in [0.717, 1.165) is 0 Å². The highest BCUT2D eigenvalue weighted by molar-refractivity contribution is 6.00. The van der Waals surface area contributed by atoms with Crippen molar-refractivity contribution >= 4 is 17.4 Å². The van der Waals surface area contributed by atoms with E-state index in [0.29, 0.717) is 0 Å². The quantitative estimate of drug-likeness (QED) is 0.791. The topological polar surface area (TPSA) is 46.2 Å². The van der Waals surface area contributed by atoms with E-state index in [-0.39, 0.29) is 11.3 Å². The molecule has 1 amide bonds.